The third kappa shape index (κ3) is 5.17. The number of hydrogen-bond acceptors (Lipinski definition) is 3. The van der Waals surface area contributed by atoms with Gasteiger partial charge in [0.1, 0.15) is 0 Å². The smallest absolute Gasteiger partial charge is 0.412 e. The summed E-state index contributed by atoms with van der Waals surface area (Å²) in [6.45, 7) is 11.2. The summed E-state index contributed by atoms with van der Waals surface area (Å²) in [7, 11) is -2.51. The van der Waals surface area contributed by atoms with E-state index in [-0.39, 0.29) is 5.48 Å². The standard InChI is InChI=1S/C8H18O3Si.H2O/c1-5-9-12(8-4,10-6-2)11-7-3;/h8H,4-7H2,1-3H3;1H2. The van der Waals surface area contributed by atoms with E-state index in [0.29, 0.717) is 19.8 Å². The summed E-state index contributed by atoms with van der Waals surface area (Å²) < 4.78 is 16.3. The molecule has 0 saturated heterocycles. The van der Waals surface area contributed by atoms with Crippen molar-refractivity contribution in [3.05, 3.63) is 12.3 Å². The molecule has 2 N–H and O–H groups in total. The molecule has 0 aliphatic rings. The van der Waals surface area contributed by atoms with E-state index in [1.54, 1.807) is 5.70 Å². The molecule has 13 heavy (non-hydrogen) atoms. The molecule has 5 heteroatoms. The maximum atomic E-state index is 5.44. The van der Waals surface area contributed by atoms with Crippen molar-refractivity contribution in [3.8, 4) is 0 Å². The summed E-state index contributed by atoms with van der Waals surface area (Å²) in [6.07, 6.45) is 0. The zero-order chi connectivity index (χ0) is 9.45. The van der Waals surface area contributed by atoms with Gasteiger partial charge in [0, 0.05) is 19.8 Å². The summed E-state index contributed by atoms with van der Waals surface area (Å²) in [5.41, 5.74) is 1.67. The van der Waals surface area contributed by atoms with E-state index >= 15 is 0 Å². The average molecular weight is 208 g/mol. The molecule has 0 aromatic carbocycles. The minimum atomic E-state index is -2.51. The fourth-order valence-electron chi connectivity index (χ4n) is 0.905. The fraction of sp³-hybridized carbons (Fsp3) is 0.750. The van der Waals surface area contributed by atoms with Gasteiger partial charge in [0.15, 0.2) is 0 Å². The van der Waals surface area contributed by atoms with Crippen LogP contribution < -0.4 is 0 Å². The van der Waals surface area contributed by atoms with Crippen LogP contribution in [0.2, 0.25) is 0 Å². The second-order valence-corrected chi connectivity index (χ2v) is 4.59. The molecular formula is C8H20O4Si. The van der Waals surface area contributed by atoms with Crippen LogP contribution in [-0.2, 0) is 13.3 Å². The fourth-order valence-corrected chi connectivity index (χ4v) is 2.72. The molecule has 0 fully saturated rings. The van der Waals surface area contributed by atoms with Gasteiger partial charge in [-0.05, 0) is 26.5 Å². The first-order valence-corrected chi connectivity index (χ1v) is 6.10. The monoisotopic (exact) mass is 208 g/mol. The van der Waals surface area contributed by atoms with Crippen LogP contribution in [0.25, 0.3) is 0 Å². The SMILES string of the molecule is C=C[Si](OCC)(OCC)OCC.O. The van der Waals surface area contributed by atoms with Crippen LogP contribution in [0.15, 0.2) is 12.3 Å². The summed E-state index contributed by atoms with van der Waals surface area (Å²) in [5.74, 6) is 0. The van der Waals surface area contributed by atoms with Gasteiger partial charge < -0.3 is 18.8 Å². The molecule has 0 aliphatic carbocycles. The number of rotatable bonds is 7. The van der Waals surface area contributed by atoms with Crippen molar-refractivity contribution in [1.82, 2.24) is 0 Å². The molecular weight excluding hydrogens is 188 g/mol. The molecule has 0 aromatic heterocycles. The van der Waals surface area contributed by atoms with Crippen molar-refractivity contribution in [2.75, 3.05) is 19.8 Å². The average Bonchev–Trinajstić information content (AvgIpc) is 2.06. The Labute approximate surface area is 81.2 Å². The minimum Gasteiger partial charge on any atom is -0.412 e. The summed E-state index contributed by atoms with van der Waals surface area (Å²) in [6, 6.07) is 0. The van der Waals surface area contributed by atoms with E-state index in [1.807, 2.05) is 20.8 Å². The summed E-state index contributed by atoms with van der Waals surface area (Å²) in [5, 5.41) is 0. The van der Waals surface area contributed by atoms with Crippen molar-refractivity contribution in [2.24, 2.45) is 0 Å². The van der Waals surface area contributed by atoms with Gasteiger partial charge in [-0.3, -0.25) is 0 Å². The zero-order valence-electron chi connectivity index (χ0n) is 8.63. The first kappa shape index (κ1) is 15.3. The quantitative estimate of drug-likeness (QED) is 0.585. The van der Waals surface area contributed by atoms with E-state index in [1.165, 1.54) is 0 Å². The molecule has 0 saturated carbocycles. The molecule has 0 atom stereocenters. The summed E-state index contributed by atoms with van der Waals surface area (Å²) >= 11 is 0. The Kier molecular flexibility index (Phi) is 9.87. The lowest BCUT2D eigenvalue weighted by atomic mass is 10.9. The third-order valence-corrected chi connectivity index (χ3v) is 3.86. The van der Waals surface area contributed by atoms with Crippen LogP contribution in [0.4, 0.5) is 0 Å². The second-order valence-electron chi connectivity index (χ2n) is 2.11. The van der Waals surface area contributed by atoms with Gasteiger partial charge in [0.2, 0.25) is 0 Å². The second kappa shape index (κ2) is 8.40. The molecule has 0 aromatic rings. The molecule has 0 heterocycles. The van der Waals surface area contributed by atoms with Crippen LogP contribution in [-0.4, -0.2) is 34.1 Å². The highest BCUT2D eigenvalue weighted by Crippen LogP contribution is 2.10. The van der Waals surface area contributed by atoms with Gasteiger partial charge in [0.05, 0.1) is 0 Å². The Morgan fingerprint density at radius 1 is 1.00 bits per heavy atom. The van der Waals surface area contributed by atoms with E-state index < -0.39 is 8.80 Å². The third-order valence-electron chi connectivity index (χ3n) is 1.29. The van der Waals surface area contributed by atoms with Crippen molar-refractivity contribution in [2.45, 2.75) is 20.8 Å². The molecule has 4 nitrogen and oxygen atoms in total. The highest BCUT2D eigenvalue weighted by atomic mass is 28.4. The molecule has 0 bridgehead atoms. The first-order valence-electron chi connectivity index (χ1n) is 4.30. The lowest BCUT2D eigenvalue weighted by Gasteiger charge is -2.24. The maximum absolute atomic E-state index is 5.44. The molecule has 80 valence electrons. The van der Waals surface area contributed by atoms with Crippen molar-refractivity contribution >= 4 is 8.80 Å². The van der Waals surface area contributed by atoms with Gasteiger partial charge in [0.25, 0.3) is 0 Å². The van der Waals surface area contributed by atoms with Gasteiger partial charge >= 0.3 is 8.80 Å². The van der Waals surface area contributed by atoms with E-state index in [9.17, 15) is 0 Å². The Hall–Kier alpha value is -0.203. The first-order chi connectivity index (χ1) is 5.74. The largest absolute Gasteiger partial charge is 0.528 e. The van der Waals surface area contributed by atoms with E-state index in [2.05, 4.69) is 6.58 Å². The van der Waals surface area contributed by atoms with E-state index in [0.717, 1.165) is 0 Å². The topological polar surface area (TPSA) is 59.2 Å². The predicted octanol–water partition coefficient (Wildman–Crippen LogP) is 0.935. The Morgan fingerprint density at radius 3 is 1.46 bits per heavy atom. The van der Waals surface area contributed by atoms with Gasteiger partial charge in [-0.25, -0.2) is 0 Å². The normalized spacial score (nSPS) is 10.7. The Balaban J connectivity index is 0. The Morgan fingerprint density at radius 2 is 1.31 bits per heavy atom. The maximum Gasteiger partial charge on any atom is 0.528 e. The molecule has 0 unspecified atom stereocenters. The van der Waals surface area contributed by atoms with Crippen LogP contribution in [0.5, 0.6) is 0 Å². The van der Waals surface area contributed by atoms with E-state index in [4.69, 9.17) is 13.3 Å². The molecule has 0 spiro atoms. The van der Waals surface area contributed by atoms with Gasteiger partial charge in [-0.1, -0.05) is 6.58 Å². The highest BCUT2D eigenvalue weighted by molar-refractivity contribution is 6.66. The molecule has 0 rings (SSSR count). The van der Waals surface area contributed by atoms with Gasteiger partial charge in [-0.15, -0.1) is 0 Å². The Bertz CT molecular complexity index is 112. The summed E-state index contributed by atoms with van der Waals surface area (Å²) in [4.78, 5) is 0. The van der Waals surface area contributed by atoms with Crippen LogP contribution in [0, 0.1) is 0 Å². The number of hydrogen-bond donors (Lipinski definition) is 0. The lowest BCUT2D eigenvalue weighted by Crippen LogP contribution is -2.44. The molecule has 0 amide bonds. The zero-order valence-corrected chi connectivity index (χ0v) is 9.63. The van der Waals surface area contributed by atoms with Crippen LogP contribution in [0.1, 0.15) is 20.8 Å². The minimum absolute atomic E-state index is 0. The molecule has 0 radical (unpaired) electrons. The van der Waals surface area contributed by atoms with Crippen LogP contribution >= 0.6 is 0 Å². The van der Waals surface area contributed by atoms with Crippen molar-refractivity contribution in [1.29, 1.82) is 0 Å². The van der Waals surface area contributed by atoms with Crippen molar-refractivity contribution in [3.63, 3.8) is 0 Å². The highest BCUT2D eigenvalue weighted by Gasteiger charge is 2.36. The predicted molar refractivity (Wildman–Crippen MR) is 54.4 cm³/mol. The van der Waals surface area contributed by atoms with Crippen LogP contribution in [0.3, 0.4) is 0 Å². The molecule has 0 aliphatic heterocycles. The lowest BCUT2D eigenvalue weighted by molar-refractivity contribution is 0.0844. The van der Waals surface area contributed by atoms with Crippen molar-refractivity contribution < 1.29 is 18.8 Å². The van der Waals surface area contributed by atoms with Gasteiger partial charge in [-0.2, -0.15) is 0 Å².